The largest absolute Gasteiger partial charge is 0.443 e. The minimum atomic E-state index is -4.53. The van der Waals surface area contributed by atoms with E-state index in [0.29, 0.717) is 72.9 Å². The van der Waals surface area contributed by atoms with Crippen molar-refractivity contribution in [2.24, 2.45) is 4.99 Å². The maximum absolute atomic E-state index is 13.5. The molecule has 35 heavy (non-hydrogen) atoms. The molecule has 0 spiro atoms. The second-order valence-corrected chi connectivity index (χ2v) is 9.61. The summed E-state index contributed by atoms with van der Waals surface area (Å²) in [5.74, 6) is 0.441. The number of nitrogens with zero attached hydrogens (tertiary/aromatic N) is 4. The molecule has 12 heteroatoms. The summed E-state index contributed by atoms with van der Waals surface area (Å²) >= 11 is 0.596. The molecule has 0 bridgehead atoms. The Morgan fingerprint density at radius 2 is 2.06 bits per heavy atom. The molecule has 0 aliphatic carbocycles. The van der Waals surface area contributed by atoms with Crippen molar-refractivity contribution in [1.82, 2.24) is 14.8 Å². The summed E-state index contributed by atoms with van der Waals surface area (Å²) in [6, 6.07) is 7.39. The quantitative estimate of drug-likeness (QED) is 0.521. The Kier molecular flexibility index (Phi) is 8.27. The number of aromatic nitrogens is 1. The molecule has 1 aromatic carbocycles. The molecule has 2 atom stereocenters. The van der Waals surface area contributed by atoms with Crippen molar-refractivity contribution in [3.63, 3.8) is 0 Å². The molecule has 2 aromatic rings. The molecule has 2 aliphatic heterocycles. The van der Waals surface area contributed by atoms with Crippen molar-refractivity contribution in [3.05, 3.63) is 35.0 Å². The molecule has 3 heterocycles. The van der Waals surface area contributed by atoms with E-state index in [4.69, 9.17) is 14.5 Å². The molecule has 4 rings (SSSR count). The van der Waals surface area contributed by atoms with Crippen LogP contribution in [0.4, 0.5) is 29.5 Å². The topological polar surface area (TPSA) is 82.5 Å². The van der Waals surface area contributed by atoms with Crippen LogP contribution >= 0.6 is 11.3 Å². The lowest BCUT2D eigenvalue weighted by molar-refractivity contribution is -0.137. The summed E-state index contributed by atoms with van der Waals surface area (Å²) in [6.45, 7) is 5.52. The van der Waals surface area contributed by atoms with E-state index in [1.807, 2.05) is 23.1 Å². The fourth-order valence-electron chi connectivity index (χ4n) is 4.21. The van der Waals surface area contributed by atoms with Gasteiger partial charge in [0.1, 0.15) is 10.7 Å². The number of anilines is 2. The fourth-order valence-corrected chi connectivity index (χ4v) is 5.05. The van der Waals surface area contributed by atoms with E-state index >= 15 is 0 Å². The van der Waals surface area contributed by atoms with Gasteiger partial charge in [-0.05, 0) is 25.5 Å². The van der Waals surface area contributed by atoms with E-state index in [2.05, 4.69) is 15.2 Å². The Balaban J connectivity index is 1.60. The summed E-state index contributed by atoms with van der Waals surface area (Å²) in [4.78, 5) is 13.1. The number of aliphatic hydroxyl groups is 1. The van der Waals surface area contributed by atoms with Crippen LogP contribution in [0.25, 0.3) is 0 Å². The molecule has 1 fully saturated rings. The van der Waals surface area contributed by atoms with Crippen LogP contribution in [0.1, 0.15) is 24.0 Å². The first-order chi connectivity index (χ1) is 16.8. The Morgan fingerprint density at radius 1 is 1.26 bits per heavy atom. The maximum atomic E-state index is 13.5. The monoisotopic (exact) mass is 513 g/mol. The molecule has 192 valence electrons. The number of hydrogen-bond acceptors (Lipinski definition) is 9. The van der Waals surface area contributed by atoms with Crippen molar-refractivity contribution in [3.8, 4) is 0 Å². The number of fused-ring (bicyclic) bond motifs is 2. The van der Waals surface area contributed by atoms with Crippen molar-refractivity contribution < 1.29 is 27.8 Å². The van der Waals surface area contributed by atoms with Crippen molar-refractivity contribution in [2.75, 3.05) is 58.4 Å². The van der Waals surface area contributed by atoms with Gasteiger partial charge < -0.3 is 24.8 Å². The van der Waals surface area contributed by atoms with Crippen LogP contribution in [0, 0.1) is 0 Å². The molecular weight excluding hydrogens is 483 g/mol. The second kappa shape index (κ2) is 11.2. The molecule has 1 saturated heterocycles. The number of para-hydroxylation sites is 2. The molecule has 8 nitrogen and oxygen atoms in total. The summed E-state index contributed by atoms with van der Waals surface area (Å²) in [6.07, 6.45) is -4.30. The van der Waals surface area contributed by atoms with E-state index < -0.39 is 17.3 Å². The lowest BCUT2D eigenvalue weighted by atomic mass is 10.1. The second-order valence-electron chi connectivity index (χ2n) is 8.61. The lowest BCUT2D eigenvalue weighted by Gasteiger charge is -2.42. The number of alkyl halides is 3. The minimum absolute atomic E-state index is 0.0946. The number of benzene rings is 1. The van der Waals surface area contributed by atoms with Crippen LogP contribution in [0.2, 0.25) is 0 Å². The number of aliphatic imine (C=N–C) groups is 1. The van der Waals surface area contributed by atoms with Gasteiger partial charge in [0.05, 0.1) is 30.7 Å². The van der Waals surface area contributed by atoms with Gasteiger partial charge in [-0.25, -0.2) is 9.98 Å². The van der Waals surface area contributed by atoms with Crippen LogP contribution in [0.3, 0.4) is 0 Å². The highest BCUT2D eigenvalue weighted by Crippen LogP contribution is 2.42. The summed E-state index contributed by atoms with van der Waals surface area (Å²) < 4.78 is 51.4. The molecule has 0 saturated carbocycles. The first-order valence-corrected chi connectivity index (χ1v) is 12.3. The average Bonchev–Trinajstić information content (AvgIpc) is 3.17. The standard InChI is InChI=1S/C23H30F3N5O3S/c1-15(32)14-34-12-10-30-8-9-31(13-16(30)7-11-33-2)20-19-21(35-22(29-19)23(24,25)26)28-18-6-4-3-5-17(18)27-20/h3-6,15-16,28,32H,7-14H2,1-2H3/t15-,16-/m0/s1. The number of thiazole rings is 1. The Bertz CT molecular complexity index is 1030. The van der Waals surface area contributed by atoms with Gasteiger partial charge >= 0.3 is 6.18 Å². The molecular formula is C23H30F3N5O3S. The predicted molar refractivity (Wildman–Crippen MR) is 129 cm³/mol. The number of hydrogen-bond donors (Lipinski definition) is 2. The number of amidine groups is 1. The normalized spacial score (nSPS) is 19.4. The maximum Gasteiger partial charge on any atom is 0.443 e. The first-order valence-electron chi connectivity index (χ1n) is 11.5. The smallest absolute Gasteiger partial charge is 0.391 e. The summed E-state index contributed by atoms with van der Waals surface area (Å²) in [5, 5.41) is 12.0. The number of halogens is 3. The molecule has 2 aliphatic rings. The van der Waals surface area contributed by atoms with Gasteiger partial charge in [0.25, 0.3) is 0 Å². The van der Waals surface area contributed by atoms with Crippen LogP contribution in [-0.2, 0) is 15.7 Å². The summed E-state index contributed by atoms with van der Waals surface area (Å²) in [5.41, 5.74) is 1.52. The van der Waals surface area contributed by atoms with E-state index in [0.717, 1.165) is 6.42 Å². The Hall–Kier alpha value is -2.25. The van der Waals surface area contributed by atoms with E-state index in [9.17, 15) is 18.3 Å². The molecule has 0 unspecified atom stereocenters. The zero-order valence-electron chi connectivity index (χ0n) is 19.7. The number of methoxy groups -OCH3 is 1. The Labute approximate surface area is 206 Å². The highest BCUT2D eigenvalue weighted by molar-refractivity contribution is 7.16. The highest BCUT2D eigenvalue weighted by Gasteiger charge is 2.39. The van der Waals surface area contributed by atoms with Gasteiger partial charge in [-0.1, -0.05) is 23.5 Å². The Morgan fingerprint density at radius 3 is 2.80 bits per heavy atom. The zero-order chi connectivity index (χ0) is 25.0. The van der Waals surface area contributed by atoms with Gasteiger partial charge in [0, 0.05) is 45.9 Å². The van der Waals surface area contributed by atoms with Crippen LogP contribution in [0.15, 0.2) is 29.3 Å². The van der Waals surface area contributed by atoms with E-state index in [-0.39, 0.29) is 18.3 Å². The number of piperazine rings is 1. The van der Waals surface area contributed by atoms with E-state index in [1.165, 1.54) is 0 Å². The van der Waals surface area contributed by atoms with E-state index in [1.54, 1.807) is 20.1 Å². The predicted octanol–water partition coefficient (Wildman–Crippen LogP) is 3.72. The minimum Gasteiger partial charge on any atom is -0.391 e. The molecule has 0 amide bonds. The SMILES string of the molecule is COCC[C@H]1CN(C2=Nc3ccccc3Nc3sc(C(F)(F)F)nc32)CCN1CCOC[C@H](C)O. The van der Waals surface area contributed by atoms with Gasteiger partial charge in [-0.3, -0.25) is 4.90 Å². The third kappa shape index (κ3) is 6.31. The van der Waals surface area contributed by atoms with Crippen molar-refractivity contribution in [2.45, 2.75) is 31.7 Å². The van der Waals surface area contributed by atoms with Gasteiger partial charge in [-0.2, -0.15) is 13.2 Å². The van der Waals surface area contributed by atoms with Crippen molar-refractivity contribution in [1.29, 1.82) is 0 Å². The number of aliphatic hydroxyl groups excluding tert-OH is 1. The molecule has 0 radical (unpaired) electrons. The summed E-state index contributed by atoms with van der Waals surface area (Å²) in [7, 11) is 1.65. The first kappa shape index (κ1) is 25.8. The van der Waals surface area contributed by atoms with Gasteiger partial charge in [-0.15, -0.1) is 0 Å². The zero-order valence-corrected chi connectivity index (χ0v) is 20.5. The lowest BCUT2D eigenvalue weighted by Crippen LogP contribution is -2.56. The molecule has 1 aromatic heterocycles. The van der Waals surface area contributed by atoms with Crippen LogP contribution < -0.4 is 5.32 Å². The number of nitrogens with one attached hydrogen (secondary N) is 1. The number of rotatable bonds is 8. The van der Waals surface area contributed by atoms with Gasteiger partial charge in [0.15, 0.2) is 5.84 Å². The fraction of sp³-hybridized carbons (Fsp3) is 0.565. The molecule has 2 N–H and O–H groups in total. The third-order valence-corrected chi connectivity index (χ3v) is 6.92. The average molecular weight is 514 g/mol. The number of ether oxygens (including phenoxy) is 2. The van der Waals surface area contributed by atoms with Crippen LogP contribution in [-0.4, -0.2) is 91.0 Å². The van der Waals surface area contributed by atoms with Gasteiger partial charge in [0.2, 0.25) is 5.01 Å². The highest BCUT2D eigenvalue weighted by atomic mass is 32.1. The van der Waals surface area contributed by atoms with Crippen LogP contribution in [0.5, 0.6) is 0 Å². The van der Waals surface area contributed by atoms with Crippen molar-refractivity contribution >= 4 is 33.5 Å². The third-order valence-electron chi connectivity index (χ3n) is 5.90.